The molecule has 2 rings (SSSR count). The van der Waals surface area contributed by atoms with E-state index in [0.29, 0.717) is 13.0 Å². The highest BCUT2D eigenvalue weighted by Gasteiger charge is 2.17. The van der Waals surface area contributed by atoms with Crippen molar-refractivity contribution in [3.8, 4) is 0 Å². The molecule has 1 saturated heterocycles. The third-order valence-electron chi connectivity index (χ3n) is 2.72. The Bertz CT molecular complexity index is 387. The molecule has 92 valence electrons. The van der Waals surface area contributed by atoms with E-state index in [1.165, 1.54) is 0 Å². The second-order valence-corrected chi connectivity index (χ2v) is 4.32. The van der Waals surface area contributed by atoms with Crippen LogP contribution in [0.4, 0.5) is 5.69 Å². The molecular formula is C13H18N2O2. The molecular weight excluding hydrogens is 216 g/mol. The summed E-state index contributed by atoms with van der Waals surface area (Å²) in [6.07, 6.45) is 0.398. The van der Waals surface area contributed by atoms with Crippen molar-refractivity contribution in [1.29, 1.82) is 0 Å². The van der Waals surface area contributed by atoms with Gasteiger partial charge in [-0.15, -0.1) is 0 Å². The molecule has 0 bridgehead atoms. The van der Waals surface area contributed by atoms with Crippen LogP contribution in [0.15, 0.2) is 24.3 Å². The van der Waals surface area contributed by atoms with Gasteiger partial charge in [0.2, 0.25) is 5.91 Å². The number of aryl methyl sites for hydroxylation is 1. The van der Waals surface area contributed by atoms with E-state index in [1.54, 1.807) is 0 Å². The van der Waals surface area contributed by atoms with Gasteiger partial charge < -0.3 is 15.4 Å². The van der Waals surface area contributed by atoms with E-state index in [-0.39, 0.29) is 12.0 Å². The van der Waals surface area contributed by atoms with Crippen molar-refractivity contribution >= 4 is 11.6 Å². The lowest BCUT2D eigenvalue weighted by Crippen LogP contribution is -2.40. The van der Waals surface area contributed by atoms with Crippen LogP contribution in [0.25, 0.3) is 0 Å². The highest BCUT2D eigenvalue weighted by molar-refractivity contribution is 5.91. The number of hydrogen-bond acceptors (Lipinski definition) is 3. The lowest BCUT2D eigenvalue weighted by Gasteiger charge is -2.23. The molecule has 0 radical (unpaired) electrons. The van der Waals surface area contributed by atoms with Gasteiger partial charge in [0.25, 0.3) is 0 Å². The fourth-order valence-electron chi connectivity index (χ4n) is 1.89. The Morgan fingerprint density at radius 1 is 1.59 bits per heavy atom. The molecule has 0 aromatic heterocycles. The van der Waals surface area contributed by atoms with E-state index >= 15 is 0 Å². The second kappa shape index (κ2) is 5.80. The summed E-state index contributed by atoms with van der Waals surface area (Å²) in [7, 11) is 0. The minimum atomic E-state index is -0.00596. The normalized spacial score (nSPS) is 19.9. The average Bonchev–Trinajstić information content (AvgIpc) is 2.30. The summed E-state index contributed by atoms with van der Waals surface area (Å²) in [5.41, 5.74) is 1.98. The molecule has 0 saturated carbocycles. The van der Waals surface area contributed by atoms with Crippen molar-refractivity contribution in [3.63, 3.8) is 0 Å². The quantitative estimate of drug-likeness (QED) is 0.829. The van der Waals surface area contributed by atoms with Crippen LogP contribution in [-0.4, -0.2) is 31.7 Å². The van der Waals surface area contributed by atoms with Crippen molar-refractivity contribution in [2.75, 3.05) is 25.0 Å². The molecule has 0 aliphatic carbocycles. The molecule has 1 aromatic rings. The Balaban J connectivity index is 1.84. The van der Waals surface area contributed by atoms with E-state index < -0.39 is 0 Å². The number of amides is 1. The number of anilines is 1. The van der Waals surface area contributed by atoms with Crippen LogP contribution in [0.5, 0.6) is 0 Å². The van der Waals surface area contributed by atoms with Gasteiger partial charge in [-0.05, 0) is 24.6 Å². The summed E-state index contributed by atoms with van der Waals surface area (Å²) in [5, 5.41) is 6.09. The number of carbonyl (C=O) groups excluding carboxylic acids is 1. The predicted molar refractivity (Wildman–Crippen MR) is 67.0 cm³/mol. The maximum Gasteiger partial charge on any atom is 0.227 e. The summed E-state index contributed by atoms with van der Waals surface area (Å²) in [4.78, 5) is 11.8. The largest absolute Gasteiger partial charge is 0.375 e. The van der Waals surface area contributed by atoms with Gasteiger partial charge in [-0.3, -0.25) is 4.79 Å². The number of carbonyl (C=O) groups is 1. The van der Waals surface area contributed by atoms with Crippen molar-refractivity contribution in [2.45, 2.75) is 19.4 Å². The van der Waals surface area contributed by atoms with Crippen LogP contribution in [0.3, 0.4) is 0 Å². The van der Waals surface area contributed by atoms with Crippen LogP contribution in [0, 0.1) is 6.92 Å². The molecule has 1 unspecified atom stereocenters. The van der Waals surface area contributed by atoms with E-state index in [9.17, 15) is 4.79 Å². The molecule has 4 heteroatoms. The molecule has 1 fully saturated rings. The minimum Gasteiger partial charge on any atom is -0.375 e. The van der Waals surface area contributed by atoms with Crippen molar-refractivity contribution in [3.05, 3.63) is 29.8 Å². The molecule has 1 amide bonds. The lowest BCUT2D eigenvalue weighted by molar-refractivity contribution is -0.119. The smallest absolute Gasteiger partial charge is 0.227 e. The molecule has 1 aliphatic heterocycles. The standard InChI is InChI=1S/C13H18N2O2/c1-10-3-2-4-11(7-10)15-13(16)8-12-9-14-5-6-17-12/h2-4,7,12,14H,5-6,8-9H2,1H3,(H,15,16). The summed E-state index contributed by atoms with van der Waals surface area (Å²) in [5.74, 6) is 0.00398. The van der Waals surface area contributed by atoms with Crippen LogP contribution in [-0.2, 0) is 9.53 Å². The highest BCUT2D eigenvalue weighted by Crippen LogP contribution is 2.11. The number of rotatable bonds is 3. The third-order valence-corrected chi connectivity index (χ3v) is 2.72. The van der Waals surface area contributed by atoms with Crippen LogP contribution >= 0.6 is 0 Å². The van der Waals surface area contributed by atoms with Gasteiger partial charge in [0.1, 0.15) is 0 Å². The Hall–Kier alpha value is -1.39. The van der Waals surface area contributed by atoms with Gasteiger partial charge >= 0.3 is 0 Å². The first-order valence-corrected chi connectivity index (χ1v) is 5.93. The van der Waals surface area contributed by atoms with E-state index in [2.05, 4.69) is 10.6 Å². The zero-order chi connectivity index (χ0) is 12.1. The first kappa shape index (κ1) is 12.1. The molecule has 1 aliphatic rings. The van der Waals surface area contributed by atoms with Crippen molar-refractivity contribution < 1.29 is 9.53 Å². The van der Waals surface area contributed by atoms with E-state index in [0.717, 1.165) is 24.3 Å². The zero-order valence-electron chi connectivity index (χ0n) is 10.0. The maximum absolute atomic E-state index is 11.8. The molecule has 17 heavy (non-hydrogen) atoms. The number of benzene rings is 1. The van der Waals surface area contributed by atoms with E-state index in [4.69, 9.17) is 4.74 Å². The molecule has 4 nitrogen and oxygen atoms in total. The Labute approximate surface area is 101 Å². The number of hydrogen-bond donors (Lipinski definition) is 2. The first-order valence-electron chi connectivity index (χ1n) is 5.93. The Kier molecular flexibility index (Phi) is 4.12. The van der Waals surface area contributed by atoms with Crippen LogP contribution in [0.1, 0.15) is 12.0 Å². The van der Waals surface area contributed by atoms with Gasteiger partial charge in [0, 0.05) is 18.8 Å². The lowest BCUT2D eigenvalue weighted by atomic mass is 10.2. The molecule has 2 N–H and O–H groups in total. The molecule has 1 aromatic carbocycles. The van der Waals surface area contributed by atoms with Gasteiger partial charge in [0.05, 0.1) is 19.1 Å². The maximum atomic E-state index is 11.8. The second-order valence-electron chi connectivity index (χ2n) is 4.32. The van der Waals surface area contributed by atoms with Gasteiger partial charge in [-0.1, -0.05) is 12.1 Å². The summed E-state index contributed by atoms with van der Waals surface area (Å²) < 4.78 is 5.49. The van der Waals surface area contributed by atoms with Gasteiger partial charge in [-0.2, -0.15) is 0 Å². The van der Waals surface area contributed by atoms with Gasteiger partial charge in [0.15, 0.2) is 0 Å². The predicted octanol–water partition coefficient (Wildman–Crippen LogP) is 1.31. The van der Waals surface area contributed by atoms with Crippen LogP contribution < -0.4 is 10.6 Å². The number of morpholine rings is 1. The first-order chi connectivity index (χ1) is 8.24. The fourth-order valence-corrected chi connectivity index (χ4v) is 1.89. The third kappa shape index (κ3) is 3.84. The fraction of sp³-hybridized carbons (Fsp3) is 0.462. The molecule has 0 spiro atoms. The number of nitrogens with one attached hydrogen (secondary N) is 2. The van der Waals surface area contributed by atoms with E-state index in [1.807, 2.05) is 31.2 Å². The molecule has 1 heterocycles. The SMILES string of the molecule is Cc1cccc(NC(=O)CC2CNCCO2)c1. The Morgan fingerprint density at radius 2 is 2.47 bits per heavy atom. The Morgan fingerprint density at radius 3 is 3.18 bits per heavy atom. The summed E-state index contributed by atoms with van der Waals surface area (Å²) in [6, 6.07) is 7.79. The monoisotopic (exact) mass is 234 g/mol. The minimum absolute atomic E-state index is 0.00398. The summed E-state index contributed by atoms with van der Waals surface area (Å²) in [6.45, 7) is 4.31. The van der Waals surface area contributed by atoms with Crippen molar-refractivity contribution in [2.24, 2.45) is 0 Å². The average molecular weight is 234 g/mol. The number of ether oxygens (including phenoxy) is 1. The van der Waals surface area contributed by atoms with Crippen LogP contribution in [0.2, 0.25) is 0 Å². The highest BCUT2D eigenvalue weighted by atomic mass is 16.5. The van der Waals surface area contributed by atoms with Gasteiger partial charge in [-0.25, -0.2) is 0 Å². The zero-order valence-corrected chi connectivity index (χ0v) is 10.0. The topological polar surface area (TPSA) is 50.4 Å². The molecule has 1 atom stereocenters. The van der Waals surface area contributed by atoms with Crippen molar-refractivity contribution in [1.82, 2.24) is 5.32 Å². The summed E-state index contributed by atoms with van der Waals surface area (Å²) >= 11 is 0.